The number of rotatable bonds is 4. The molecule has 3 nitrogen and oxygen atoms in total. The van der Waals surface area contributed by atoms with Crippen LogP contribution in [0, 0.1) is 3.57 Å². The van der Waals surface area contributed by atoms with Gasteiger partial charge in [-0.3, -0.25) is 4.79 Å². The van der Waals surface area contributed by atoms with Crippen molar-refractivity contribution in [1.29, 1.82) is 0 Å². The molecule has 0 unspecified atom stereocenters. The monoisotopic (exact) mass is 374 g/mol. The predicted octanol–water partition coefficient (Wildman–Crippen LogP) is 3.22. The van der Waals surface area contributed by atoms with E-state index in [-0.39, 0.29) is 5.56 Å². The summed E-state index contributed by atoms with van der Waals surface area (Å²) in [5.41, 5.74) is 0.903. The number of nitrogens with one attached hydrogen (secondary N) is 1. The molecule has 0 aliphatic carbocycles. The maximum absolute atomic E-state index is 11.5. The molecular formula is C13H12ClIN2O. The van der Waals surface area contributed by atoms with Crippen LogP contribution >= 0.6 is 34.2 Å². The van der Waals surface area contributed by atoms with E-state index in [1.54, 1.807) is 22.9 Å². The Morgan fingerprint density at radius 2 is 2.11 bits per heavy atom. The van der Waals surface area contributed by atoms with Gasteiger partial charge in [0.1, 0.15) is 0 Å². The molecule has 1 N–H and O–H groups in total. The minimum absolute atomic E-state index is 0.00744. The number of pyridine rings is 1. The normalized spacial score (nSPS) is 10.3. The maximum atomic E-state index is 11.5. The Kier molecular flexibility index (Phi) is 4.66. The van der Waals surface area contributed by atoms with E-state index < -0.39 is 0 Å². The third-order valence-corrected chi connectivity index (χ3v) is 3.50. The molecule has 1 aromatic carbocycles. The van der Waals surface area contributed by atoms with E-state index in [1.165, 1.54) is 0 Å². The lowest BCUT2D eigenvalue weighted by molar-refractivity contribution is 0.697. The Morgan fingerprint density at radius 3 is 2.89 bits per heavy atom. The summed E-state index contributed by atoms with van der Waals surface area (Å²) in [7, 11) is 0. The molecule has 0 spiro atoms. The van der Waals surface area contributed by atoms with Gasteiger partial charge in [-0.15, -0.1) is 0 Å². The summed E-state index contributed by atoms with van der Waals surface area (Å²) in [4.78, 5) is 11.5. The average molecular weight is 375 g/mol. The first kappa shape index (κ1) is 13.4. The molecule has 0 aliphatic rings. The highest BCUT2D eigenvalue weighted by Gasteiger charge is 2.00. The molecular weight excluding hydrogens is 363 g/mol. The Balaban J connectivity index is 1.99. The SMILES string of the molecule is O=c1ccccn1CCNc1cc(I)ccc1Cl. The van der Waals surface area contributed by atoms with Gasteiger partial charge >= 0.3 is 0 Å². The smallest absolute Gasteiger partial charge is 0.250 e. The molecule has 0 aliphatic heterocycles. The average Bonchev–Trinajstić information content (AvgIpc) is 2.36. The van der Waals surface area contributed by atoms with Crippen LogP contribution in [-0.4, -0.2) is 11.1 Å². The van der Waals surface area contributed by atoms with Gasteiger partial charge in [-0.05, 0) is 46.9 Å². The van der Waals surface area contributed by atoms with Crippen molar-refractivity contribution in [2.45, 2.75) is 6.54 Å². The van der Waals surface area contributed by atoms with Crippen molar-refractivity contribution in [1.82, 2.24) is 4.57 Å². The van der Waals surface area contributed by atoms with Crippen LogP contribution in [-0.2, 0) is 6.54 Å². The van der Waals surface area contributed by atoms with Crippen molar-refractivity contribution in [3.63, 3.8) is 0 Å². The lowest BCUT2D eigenvalue weighted by Gasteiger charge is -2.10. The Bertz CT molecular complexity index is 598. The van der Waals surface area contributed by atoms with E-state index in [2.05, 4.69) is 27.9 Å². The summed E-state index contributed by atoms with van der Waals surface area (Å²) in [5, 5.41) is 3.92. The zero-order valence-corrected chi connectivity index (χ0v) is 12.5. The quantitative estimate of drug-likeness (QED) is 0.834. The zero-order chi connectivity index (χ0) is 13.0. The third-order valence-electron chi connectivity index (χ3n) is 2.50. The lowest BCUT2D eigenvalue weighted by atomic mass is 10.3. The number of nitrogens with zero attached hydrogens (tertiary/aromatic N) is 1. The lowest BCUT2D eigenvalue weighted by Crippen LogP contribution is -2.22. The highest BCUT2D eigenvalue weighted by molar-refractivity contribution is 14.1. The van der Waals surface area contributed by atoms with Crippen molar-refractivity contribution >= 4 is 39.9 Å². The highest BCUT2D eigenvalue weighted by atomic mass is 127. The highest BCUT2D eigenvalue weighted by Crippen LogP contribution is 2.23. The third kappa shape index (κ3) is 3.49. The molecule has 0 atom stereocenters. The van der Waals surface area contributed by atoms with Gasteiger partial charge in [0, 0.05) is 28.9 Å². The zero-order valence-electron chi connectivity index (χ0n) is 9.57. The Hall–Kier alpha value is -1.01. The van der Waals surface area contributed by atoms with E-state index in [0.29, 0.717) is 18.1 Å². The van der Waals surface area contributed by atoms with Crippen LogP contribution in [0.5, 0.6) is 0 Å². The number of hydrogen-bond acceptors (Lipinski definition) is 2. The summed E-state index contributed by atoms with van der Waals surface area (Å²) in [5.74, 6) is 0. The first-order valence-corrected chi connectivity index (χ1v) is 6.97. The second-order valence-electron chi connectivity index (χ2n) is 3.78. The molecule has 0 bridgehead atoms. The van der Waals surface area contributed by atoms with Crippen LogP contribution in [0.4, 0.5) is 5.69 Å². The molecule has 5 heteroatoms. The van der Waals surface area contributed by atoms with Crippen molar-refractivity contribution in [3.05, 3.63) is 61.5 Å². The summed E-state index contributed by atoms with van der Waals surface area (Å²) in [6.07, 6.45) is 1.78. The van der Waals surface area contributed by atoms with E-state index in [1.807, 2.05) is 24.3 Å². The van der Waals surface area contributed by atoms with Gasteiger partial charge < -0.3 is 9.88 Å². The molecule has 2 rings (SSSR count). The summed E-state index contributed by atoms with van der Waals surface area (Å²) in [6.45, 7) is 1.27. The summed E-state index contributed by atoms with van der Waals surface area (Å²) in [6, 6.07) is 10.9. The van der Waals surface area contributed by atoms with Crippen LogP contribution in [0.2, 0.25) is 5.02 Å². The van der Waals surface area contributed by atoms with Crippen molar-refractivity contribution in [3.8, 4) is 0 Å². The Morgan fingerprint density at radius 1 is 1.28 bits per heavy atom. The standard InChI is InChI=1S/C13H12ClIN2O/c14-11-5-4-10(15)9-12(11)16-6-8-17-7-2-1-3-13(17)18/h1-5,7,9,16H,6,8H2. The van der Waals surface area contributed by atoms with Crippen LogP contribution in [0.1, 0.15) is 0 Å². The molecule has 0 saturated carbocycles. The predicted molar refractivity (Wildman–Crippen MR) is 83.4 cm³/mol. The number of anilines is 1. The van der Waals surface area contributed by atoms with Crippen LogP contribution in [0.15, 0.2) is 47.4 Å². The van der Waals surface area contributed by atoms with Crippen LogP contribution < -0.4 is 10.9 Å². The molecule has 1 aromatic heterocycles. The number of aromatic nitrogens is 1. The number of benzene rings is 1. The van der Waals surface area contributed by atoms with Gasteiger partial charge in [-0.25, -0.2) is 0 Å². The van der Waals surface area contributed by atoms with Crippen LogP contribution in [0.3, 0.4) is 0 Å². The maximum Gasteiger partial charge on any atom is 0.250 e. The van der Waals surface area contributed by atoms with Crippen molar-refractivity contribution in [2.24, 2.45) is 0 Å². The van der Waals surface area contributed by atoms with E-state index in [0.717, 1.165) is 9.26 Å². The fourth-order valence-electron chi connectivity index (χ4n) is 1.59. The molecule has 94 valence electrons. The minimum atomic E-state index is 0.00744. The minimum Gasteiger partial charge on any atom is -0.382 e. The van der Waals surface area contributed by atoms with E-state index in [9.17, 15) is 4.79 Å². The first-order valence-electron chi connectivity index (χ1n) is 5.51. The second-order valence-corrected chi connectivity index (χ2v) is 5.44. The van der Waals surface area contributed by atoms with Crippen molar-refractivity contribution in [2.75, 3.05) is 11.9 Å². The van der Waals surface area contributed by atoms with Gasteiger partial charge in [0.25, 0.3) is 5.56 Å². The molecule has 2 aromatic rings. The van der Waals surface area contributed by atoms with Gasteiger partial charge in [-0.2, -0.15) is 0 Å². The van der Waals surface area contributed by atoms with Gasteiger partial charge in [0.15, 0.2) is 0 Å². The molecule has 0 fully saturated rings. The summed E-state index contributed by atoms with van der Waals surface area (Å²) < 4.78 is 2.78. The first-order chi connectivity index (χ1) is 8.66. The van der Waals surface area contributed by atoms with Gasteiger partial charge in [0.2, 0.25) is 0 Å². The fraction of sp³-hybridized carbons (Fsp3) is 0.154. The summed E-state index contributed by atoms with van der Waals surface area (Å²) >= 11 is 8.31. The molecule has 18 heavy (non-hydrogen) atoms. The van der Waals surface area contributed by atoms with Crippen molar-refractivity contribution < 1.29 is 0 Å². The second kappa shape index (κ2) is 6.24. The molecule has 0 radical (unpaired) electrons. The van der Waals surface area contributed by atoms with E-state index >= 15 is 0 Å². The molecule has 0 saturated heterocycles. The topological polar surface area (TPSA) is 34.0 Å². The molecule has 0 amide bonds. The Labute approximate surface area is 124 Å². The number of hydrogen-bond donors (Lipinski definition) is 1. The van der Waals surface area contributed by atoms with E-state index in [4.69, 9.17) is 11.6 Å². The number of halogens is 2. The largest absolute Gasteiger partial charge is 0.382 e. The van der Waals surface area contributed by atoms with Crippen LogP contribution in [0.25, 0.3) is 0 Å². The van der Waals surface area contributed by atoms with Gasteiger partial charge in [0.05, 0.1) is 10.7 Å². The van der Waals surface area contributed by atoms with Gasteiger partial charge in [-0.1, -0.05) is 17.7 Å². The molecule has 1 heterocycles. The fourth-order valence-corrected chi connectivity index (χ4v) is 2.26.